The first kappa shape index (κ1) is 29.9. The van der Waals surface area contributed by atoms with Crippen LogP contribution in [0.2, 0.25) is 0 Å². The van der Waals surface area contributed by atoms with Crippen LogP contribution in [0.1, 0.15) is 62.9 Å². The summed E-state index contributed by atoms with van der Waals surface area (Å²) < 4.78 is 39.1. The number of nitrogens with one attached hydrogen (secondary N) is 1. The van der Waals surface area contributed by atoms with Gasteiger partial charge in [0.25, 0.3) is 0 Å². The summed E-state index contributed by atoms with van der Waals surface area (Å²) in [4.78, 5) is 4.74. The average molecular weight is 589 g/mol. The van der Waals surface area contributed by atoms with Crippen molar-refractivity contribution in [3.05, 3.63) is 77.5 Å². The Morgan fingerprint density at radius 2 is 1.98 bits per heavy atom. The molecule has 1 aliphatic rings. The minimum Gasteiger partial charge on any atom is -0.475 e. The maximum Gasteiger partial charge on any atom is 0.213 e. The molecule has 3 heterocycles. The first-order valence-electron chi connectivity index (χ1n) is 14.2. The highest BCUT2D eigenvalue weighted by molar-refractivity contribution is 7.84. The lowest BCUT2D eigenvalue weighted by atomic mass is 9.94. The summed E-state index contributed by atoms with van der Waals surface area (Å²) in [6, 6.07) is 20.6. The minimum atomic E-state index is -1.36. The lowest BCUT2D eigenvalue weighted by molar-refractivity contribution is -0.165. The van der Waals surface area contributed by atoms with Gasteiger partial charge in [-0.15, -0.1) is 0 Å². The van der Waals surface area contributed by atoms with E-state index < -0.39 is 15.7 Å². The fourth-order valence-electron chi connectivity index (χ4n) is 4.77. The molecule has 220 valence electrons. The highest BCUT2D eigenvalue weighted by Crippen LogP contribution is 2.35. The van der Waals surface area contributed by atoms with Crippen LogP contribution in [0.25, 0.3) is 22.2 Å². The fourth-order valence-corrected chi connectivity index (χ4v) is 5.59. The van der Waals surface area contributed by atoms with Crippen LogP contribution < -0.4 is 9.46 Å². The molecule has 2 aromatic heterocycles. The first-order valence-corrected chi connectivity index (χ1v) is 15.4. The monoisotopic (exact) mass is 588 g/mol. The van der Waals surface area contributed by atoms with Crippen LogP contribution in [0.5, 0.6) is 5.88 Å². The Bertz CT molecular complexity index is 1570. The van der Waals surface area contributed by atoms with Gasteiger partial charge in [-0.2, -0.15) is 5.26 Å². The molecule has 4 aromatic rings. The van der Waals surface area contributed by atoms with E-state index in [1.165, 1.54) is 0 Å². The van der Waals surface area contributed by atoms with E-state index in [9.17, 15) is 9.47 Å². The molecule has 2 unspecified atom stereocenters. The van der Waals surface area contributed by atoms with Crippen LogP contribution in [-0.2, 0) is 26.9 Å². The van der Waals surface area contributed by atoms with E-state index in [2.05, 4.69) is 15.9 Å². The quantitative estimate of drug-likeness (QED) is 0.211. The number of pyridine rings is 1. The van der Waals surface area contributed by atoms with E-state index in [1.807, 2.05) is 69.3 Å². The molecular weight excluding hydrogens is 552 g/mol. The van der Waals surface area contributed by atoms with E-state index >= 15 is 0 Å². The third-order valence-electron chi connectivity index (χ3n) is 6.97. The van der Waals surface area contributed by atoms with Crippen molar-refractivity contribution in [1.82, 2.24) is 14.9 Å². The van der Waals surface area contributed by atoms with Crippen LogP contribution >= 0.6 is 0 Å². The Morgan fingerprint density at radius 1 is 1.12 bits per heavy atom. The summed E-state index contributed by atoms with van der Waals surface area (Å²) in [5.74, 6) is 0.500. The number of fused-ring (bicyclic) bond motifs is 1. The summed E-state index contributed by atoms with van der Waals surface area (Å²) >= 11 is 0. The molecule has 1 fully saturated rings. The van der Waals surface area contributed by atoms with Crippen molar-refractivity contribution >= 4 is 22.0 Å². The van der Waals surface area contributed by atoms with Gasteiger partial charge in [-0.25, -0.2) is 13.9 Å². The van der Waals surface area contributed by atoms with Crippen LogP contribution in [-0.4, -0.2) is 45.2 Å². The molecule has 2 aromatic carbocycles. The molecule has 5 rings (SSSR count). The standard InChI is InChI=1S/C32H36N4O5S/c1-32(2,3)42(37)36-27(20-23-9-8-12-29(34-23)38-17-18-40-30-13-6-7-16-39-30)24-10-4-5-11-25(24)31-26-15-14-22(21-33)19-28(26)41-35-31/h4-5,8-12,14-15,19,27,30,36H,6-7,13,16-18,20H2,1-3H3/t27-,30?,42?/m0/s1. The number of aromatic nitrogens is 2. The van der Waals surface area contributed by atoms with Crippen LogP contribution in [0.4, 0.5) is 0 Å². The second-order valence-corrected chi connectivity index (χ2v) is 13.2. The Hall–Kier alpha value is -3.62. The second kappa shape index (κ2) is 13.6. The fraction of sp³-hybridized carbons (Fsp3) is 0.406. The lowest BCUT2D eigenvalue weighted by Crippen LogP contribution is -2.36. The zero-order valence-electron chi connectivity index (χ0n) is 24.2. The van der Waals surface area contributed by atoms with E-state index in [0.717, 1.165) is 48.1 Å². The Kier molecular flexibility index (Phi) is 9.65. The molecule has 1 saturated heterocycles. The molecule has 3 atom stereocenters. The number of rotatable bonds is 11. The van der Waals surface area contributed by atoms with Crippen molar-refractivity contribution in [2.75, 3.05) is 19.8 Å². The molecule has 0 amide bonds. The van der Waals surface area contributed by atoms with Crippen molar-refractivity contribution < 1.29 is 22.9 Å². The number of nitriles is 1. The maximum atomic E-state index is 13.4. The third-order valence-corrected chi connectivity index (χ3v) is 8.58. The summed E-state index contributed by atoms with van der Waals surface area (Å²) in [5, 5.41) is 14.4. The highest BCUT2D eigenvalue weighted by atomic mass is 32.2. The molecular formula is C32H36N4O5S. The largest absolute Gasteiger partial charge is 0.475 e. The van der Waals surface area contributed by atoms with E-state index in [-0.39, 0.29) is 12.3 Å². The molecule has 0 bridgehead atoms. The summed E-state index contributed by atoms with van der Waals surface area (Å²) in [6.07, 6.45) is 3.39. The SMILES string of the molecule is CC(C)(C)S(=O)N[C@@H](Cc1cccc(OCCOC2CCCCO2)n1)c1ccccc1-c1noc2cc(C#N)ccc12. The van der Waals surface area contributed by atoms with E-state index in [1.54, 1.807) is 12.1 Å². The molecule has 0 aliphatic carbocycles. The molecule has 0 radical (unpaired) electrons. The van der Waals surface area contributed by atoms with Crippen molar-refractivity contribution in [3.63, 3.8) is 0 Å². The Balaban J connectivity index is 1.39. The van der Waals surface area contributed by atoms with Crippen LogP contribution in [0.15, 0.2) is 65.2 Å². The number of nitrogens with zero attached hydrogens (tertiary/aromatic N) is 3. The van der Waals surface area contributed by atoms with E-state index in [4.69, 9.17) is 23.7 Å². The molecule has 1 N–H and O–H groups in total. The molecule has 9 nitrogen and oxygen atoms in total. The maximum absolute atomic E-state index is 13.4. The van der Waals surface area contributed by atoms with Gasteiger partial charge < -0.3 is 18.7 Å². The van der Waals surface area contributed by atoms with Crippen molar-refractivity contribution in [2.24, 2.45) is 0 Å². The van der Waals surface area contributed by atoms with Gasteiger partial charge >= 0.3 is 0 Å². The van der Waals surface area contributed by atoms with Gasteiger partial charge in [-0.3, -0.25) is 0 Å². The van der Waals surface area contributed by atoms with E-state index in [0.29, 0.717) is 42.4 Å². The highest BCUT2D eigenvalue weighted by Gasteiger charge is 2.27. The first-order chi connectivity index (χ1) is 20.3. The average Bonchev–Trinajstić information content (AvgIpc) is 3.42. The van der Waals surface area contributed by atoms with Crippen molar-refractivity contribution in [1.29, 1.82) is 5.26 Å². The summed E-state index contributed by atoms with van der Waals surface area (Å²) in [6.45, 7) is 7.32. The number of benzene rings is 2. The minimum absolute atomic E-state index is 0.160. The number of ether oxygens (including phenoxy) is 3. The topological polar surface area (TPSA) is 120 Å². The molecule has 0 spiro atoms. The molecule has 10 heteroatoms. The zero-order chi connectivity index (χ0) is 29.5. The van der Waals surface area contributed by atoms with Gasteiger partial charge in [0.05, 0.1) is 40.0 Å². The van der Waals surface area contributed by atoms with Gasteiger partial charge in [-0.1, -0.05) is 35.5 Å². The number of hydrogen-bond donors (Lipinski definition) is 1. The van der Waals surface area contributed by atoms with Gasteiger partial charge in [0.15, 0.2) is 11.9 Å². The lowest BCUT2D eigenvalue weighted by Gasteiger charge is -2.26. The van der Waals surface area contributed by atoms with Crippen LogP contribution in [0.3, 0.4) is 0 Å². The van der Waals surface area contributed by atoms with Gasteiger partial charge in [-0.05, 0) is 63.8 Å². The van der Waals surface area contributed by atoms with Gasteiger partial charge in [0.1, 0.15) is 12.3 Å². The summed E-state index contributed by atoms with van der Waals surface area (Å²) in [7, 11) is -1.36. The molecule has 1 aliphatic heterocycles. The Labute approximate surface area is 248 Å². The van der Waals surface area contributed by atoms with Crippen LogP contribution in [0, 0.1) is 11.3 Å². The Morgan fingerprint density at radius 3 is 2.76 bits per heavy atom. The van der Waals surface area contributed by atoms with Gasteiger partial charge in [0.2, 0.25) is 5.88 Å². The molecule has 42 heavy (non-hydrogen) atoms. The van der Waals surface area contributed by atoms with Crippen molar-refractivity contribution in [3.8, 4) is 23.2 Å². The van der Waals surface area contributed by atoms with Crippen molar-refractivity contribution in [2.45, 2.75) is 63.5 Å². The smallest absolute Gasteiger partial charge is 0.213 e. The molecule has 0 saturated carbocycles. The summed E-state index contributed by atoms with van der Waals surface area (Å²) in [5.41, 5.74) is 4.23. The third kappa shape index (κ3) is 7.41. The second-order valence-electron chi connectivity index (χ2n) is 11.2. The zero-order valence-corrected chi connectivity index (χ0v) is 25.0. The predicted molar refractivity (Wildman–Crippen MR) is 161 cm³/mol. The predicted octanol–water partition coefficient (Wildman–Crippen LogP) is 6.02. The number of hydrogen-bond acceptors (Lipinski definition) is 8. The normalized spacial score (nSPS) is 17.0. The van der Waals surface area contributed by atoms with Gasteiger partial charge in [0, 0.05) is 41.8 Å².